The Hall–Kier alpha value is -1.03. The van der Waals surface area contributed by atoms with Gasteiger partial charge in [-0.3, -0.25) is 4.68 Å². The molecule has 2 atom stereocenters. The van der Waals surface area contributed by atoms with Crippen molar-refractivity contribution in [3.63, 3.8) is 0 Å². The topological polar surface area (TPSA) is 41.9 Å². The molecule has 2 rings (SSSR count). The second-order valence-electron chi connectivity index (χ2n) is 3.32. The largest absolute Gasteiger partial charge is 0.363 e. The third-order valence-electron chi connectivity index (χ3n) is 2.31. The van der Waals surface area contributed by atoms with E-state index >= 15 is 0 Å². The van der Waals surface area contributed by atoms with Gasteiger partial charge in [-0.1, -0.05) is 0 Å². The Morgan fingerprint density at radius 3 is 3.00 bits per heavy atom. The van der Waals surface area contributed by atoms with Gasteiger partial charge in [0.15, 0.2) is 0 Å². The van der Waals surface area contributed by atoms with Crippen molar-refractivity contribution in [1.29, 1.82) is 0 Å². The van der Waals surface area contributed by atoms with Crippen LogP contribution in [0.4, 0.5) is 5.82 Å². The molecule has 0 saturated carbocycles. The maximum atomic E-state index is 4.24. The van der Waals surface area contributed by atoms with Crippen LogP contribution < -0.4 is 10.6 Å². The molecule has 1 aliphatic rings. The van der Waals surface area contributed by atoms with Gasteiger partial charge < -0.3 is 10.6 Å². The van der Waals surface area contributed by atoms with Crippen LogP contribution in [-0.4, -0.2) is 28.4 Å². The molecule has 1 unspecified atom stereocenters. The molecule has 0 amide bonds. The molecule has 1 aromatic heterocycles. The minimum atomic E-state index is 0.542. The Kier molecular flexibility index (Phi) is 1.77. The third kappa shape index (κ3) is 1.30. The molecule has 66 valence electrons. The van der Waals surface area contributed by atoms with Crippen LogP contribution in [0.25, 0.3) is 0 Å². The van der Waals surface area contributed by atoms with Gasteiger partial charge >= 0.3 is 0 Å². The van der Waals surface area contributed by atoms with Crippen LogP contribution in [-0.2, 0) is 7.05 Å². The first-order valence-electron chi connectivity index (χ1n) is 4.25. The molecular weight excluding hydrogens is 152 g/mol. The van der Waals surface area contributed by atoms with E-state index in [0.717, 1.165) is 12.4 Å². The van der Waals surface area contributed by atoms with Gasteiger partial charge in [-0.15, -0.1) is 0 Å². The highest BCUT2D eigenvalue weighted by atomic mass is 15.3. The molecule has 0 spiro atoms. The quantitative estimate of drug-likeness (QED) is 0.659. The molecule has 0 aliphatic carbocycles. The van der Waals surface area contributed by atoms with Crippen molar-refractivity contribution in [2.24, 2.45) is 7.05 Å². The molecule has 0 radical (unpaired) electrons. The summed E-state index contributed by atoms with van der Waals surface area (Å²) in [5.74, 6) is 0.968. The van der Waals surface area contributed by atoms with Gasteiger partial charge in [0.2, 0.25) is 0 Å². The normalized spacial score (nSPS) is 28.2. The molecule has 4 heteroatoms. The Bertz CT molecular complexity index is 268. The van der Waals surface area contributed by atoms with Crippen LogP contribution in [0.5, 0.6) is 0 Å². The second kappa shape index (κ2) is 2.79. The summed E-state index contributed by atoms with van der Waals surface area (Å²) in [7, 11) is 1.92. The minimum Gasteiger partial charge on any atom is -0.363 e. The van der Waals surface area contributed by atoms with Crippen molar-refractivity contribution >= 4 is 5.82 Å². The van der Waals surface area contributed by atoms with Crippen LogP contribution in [0.1, 0.15) is 6.92 Å². The summed E-state index contributed by atoms with van der Waals surface area (Å²) < 4.78 is 1.80. The molecular formula is C8H14N4. The lowest BCUT2D eigenvalue weighted by Crippen LogP contribution is -2.59. The maximum absolute atomic E-state index is 4.24. The summed E-state index contributed by atoms with van der Waals surface area (Å²) in [5.41, 5.74) is 0. The van der Waals surface area contributed by atoms with Gasteiger partial charge in [-0.25, -0.2) is 0 Å². The lowest BCUT2D eigenvalue weighted by molar-refractivity contribution is 0.355. The highest BCUT2D eigenvalue weighted by molar-refractivity contribution is 5.35. The number of aryl methyl sites for hydroxylation is 1. The molecule has 1 fully saturated rings. The fraction of sp³-hybridized carbons (Fsp3) is 0.625. The van der Waals surface area contributed by atoms with Gasteiger partial charge in [0.25, 0.3) is 0 Å². The summed E-state index contributed by atoms with van der Waals surface area (Å²) in [6.45, 7) is 3.21. The van der Waals surface area contributed by atoms with Gasteiger partial charge in [0.1, 0.15) is 5.82 Å². The number of rotatable bonds is 2. The van der Waals surface area contributed by atoms with E-state index in [4.69, 9.17) is 0 Å². The number of hydrogen-bond acceptors (Lipinski definition) is 3. The molecule has 12 heavy (non-hydrogen) atoms. The SMILES string of the molecule is CC1NC[C@H]1Nc1ccn(C)n1. The van der Waals surface area contributed by atoms with Crippen molar-refractivity contribution in [3.05, 3.63) is 12.3 Å². The lowest BCUT2D eigenvalue weighted by Gasteiger charge is -2.35. The van der Waals surface area contributed by atoms with Crippen LogP contribution in [0.15, 0.2) is 12.3 Å². The number of nitrogens with zero attached hydrogens (tertiary/aromatic N) is 2. The van der Waals surface area contributed by atoms with Gasteiger partial charge in [0, 0.05) is 31.9 Å². The molecule has 2 heterocycles. The van der Waals surface area contributed by atoms with Crippen molar-refractivity contribution in [1.82, 2.24) is 15.1 Å². The first-order chi connectivity index (χ1) is 5.75. The Morgan fingerprint density at radius 1 is 1.75 bits per heavy atom. The van der Waals surface area contributed by atoms with E-state index < -0.39 is 0 Å². The van der Waals surface area contributed by atoms with E-state index in [0.29, 0.717) is 12.1 Å². The number of hydrogen-bond donors (Lipinski definition) is 2. The Labute approximate surface area is 72.0 Å². The maximum Gasteiger partial charge on any atom is 0.148 e. The standard InChI is InChI=1S/C8H14N4/c1-6-7(5-9-6)10-8-3-4-12(2)11-8/h3-4,6-7,9H,5H2,1-2H3,(H,10,11)/t6?,7-/m1/s1. The van der Waals surface area contributed by atoms with E-state index in [-0.39, 0.29) is 0 Å². The molecule has 1 aromatic rings. The first kappa shape index (κ1) is 7.61. The second-order valence-corrected chi connectivity index (χ2v) is 3.32. The number of aromatic nitrogens is 2. The van der Waals surface area contributed by atoms with E-state index in [1.54, 1.807) is 4.68 Å². The number of anilines is 1. The first-order valence-corrected chi connectivity index (χ1v) is 4.25. The summed E-state index contributed by atoms with van der Waals surface area (Å²) >= 11 is 0. The van der Waals surface area contributed by atoms with Crippen LogP contribution in [0.2, 0.25) is 0 Å². The Morgan fingerprint density at radius 2 is 2.58 bits per heavy atom. The van der Waals surface area contributed by atoms with Crippen LogP contribution in [0.3, 0.4) is 0 Å². The van der Waals surface area contributed by atoms with E-state index in [2.05, 4.69) is 22.7 Å². The van der Waals surface area contributed by atoms with Crippen molar-refractivity contribution in [2.45, 2.75) is 19.0 Å². The van der Waals surface area contributed by atoms with Crippen molar-refractivity contribution in [3.8, 4) is 0 Å². The summed E-state index contributed by atoms with van der Waals surface area (Å²) in [6.07, 6.45) is 1.94. The number of nitrogens with one attached hydrogen (secondary N) is 2. The highest BCUT2D eigenvalue weighted by Crippen LogP contribution is 2.10. The highest BCUT2D eigenvalue weighted by Gasteiger charge is 2.25. The van der Waals surface area contributed by atoms with Gasteiger partial charge in [-0.2, -0.15) is 5.10 Å². The molecule has 4 nitrogen and oxygen atoms in total. The Balaban J connectivity index is 1.95. The zero-order valence-corrected chi connectivity index (χ0v) is 7.41. The average molecular weight is 166 g/mol. The molecule has 2 N–H and O–H groups in total. The molecule has 1 aliphatic heterocycles. The lowest BCUT2D eigenvalue weighted by atomic mass is 10.0. The molecule has 0 aromatic carbocycles. The van der Waals surface area contributed by atoms with Crippen molar-refractivity contribution in [2.75, 3.05) is 11.9 Å². The zero-order valence-electron chi connectivity index (χ0n) is 7.41. The fourth-order valence-electron chi connectivity index (χ4n) is 1.33. The van der Waals surface area contributed by atoms with E-state index in [1.807, 2.05) is 19.3 Å². The molecule has 0 bridgehead atoms. The van der Waals surface area contributed by atoms with E-state index in [9.17, 15) is 0 Å². The summed E-state index contributed by atoms with van der Waals surface area (Å²) in [6, 6.07) is 3.09. The van der Waals surface area contributed by atoms with E-state index in [1.165, 1.54) is 0 Å². The summed E-state index contributed by atoms with van der Waals surface area (Å²) in [4.78, 5) is 0. The van der Waals surface area contributed by atoms with Crippen LogP contribution in [0, 0.1) is 0 Å². The predicted octanol–water partition coefficient (Wildman–Crippen LogP) is 0.192. The third-order valence-corrected chi connectivity index (χ3v) is 2.31. The summed E-state index contributed by atoms with van der Waals surface area (Å²) in [5, 5.41) is 10.9. The minimum absolute atomic E-state index is 0.542. The monoisotopic (exact) mass is 166 g/mol. The predicted molar refractivity (Wildman–Crippen MR) is 48.1 cm³/mol. The van der Waals surface area contributed by atoms with Crippen LogP contribution >= 0.6 is 0 Å². The fourth-order valence-corrected chi connectivity index (χ4v) is 1.33. The van der Waals surface area contributed by atoms with Crippen molar-refractivity contribution < 1.29 is 0 Å². The van der Waals surface area contributed by atoms with Gasteiger partial charge in [0.05, 0.1) is 6.04 Å². The van der Waals surface area contributed by atoms with Gasteiger partial charge in [-0.05, 0) is 6.92 Å². The average Bonchev–Trinajstić information content (AvgIpc) is 2.44. The smallest absolute Gasteiger partial charge is 0.148 e. The zero-order chi connectivity index (χ0) is 8.55. The molecule has 1 saturated heterocycles.